The second-order valence-corrected chi connectivity index (χ2v) is 4.06. The Morgan fingerprint density at radius 1 is 1.40 bits per heavy atom. The van der Waals surface area contributed by atoms with E-state index in [2.05, 4.69) is 6.58 Å². The molecule has 0 amide bonds. The van der Waals surface area contributed by atoms with Gasteiger partial charge < -0.3 is 0 Å². The number of hydrogen-bond donors (Lipinski definition) is 0. The smallest absolute Gasteiger partial charge is 0.229 e. The Balaban J connectivity index is 2.28. The first kappa shape index (κ1) is 11.9. The van der Waals surface area contributed by atoms with Crippen molar-refractivity contribution in [3.05, 3.63) is 42.5 Å². The summed E-state index contributed by atoms with van der Waals surface area (Å²) in [6, 6.07) is 8.95. The van der Waals surface area contributed by atoms with Gasteiger partial charge in [0.1, 0.15) is 6.61 Å². The van der Waals surface area contributed by atoms with Crippen molar-refractivity contribution >= 4 is 8.25 Å². The Morgan fingerprint density at radius 2 is 2.07 bits per heavy atom. The van der Waals surface area contributed by atoms with E-state index in [0.29, 0.717) is 18.8 Å². The summed E-state index contributed by atoms with van der Waals surface area (Å²) in [5.74, 6) is 0.550. The van der Waals surface area contributed by atoms with Crippen LogP contribution in [0.2, 0.25) is 0 Å². The fraction of sp³-hybridized carbons (Fsp3) is 0.273. The lowest BCUT2D eigenvalue weighted by atomic mass is 10.3. The highest BCUT2D eigenvalue weighted by molar-refractivity contribution is 7.33. The van der Waals surface area contributed by atoms with Gasteiger partial charge in [-0.3, -0.25) is 0 Å². The third-order valence-corrected chi connectivity index (χ3v) is 2.40. The molecule has 3 nitrogen and oxygen atoms in total. The van der Waals surface area contributed by atoms with Crippen LogP contribution in [0.5, 0.6) is 5.75 Å². The predicted molar refractivity (Wildman–Crippen MR) is 60.1 cm³/mol. The molecule has 0 saturated heterocycles. The lowest BCUT2D eigenvalue weighted by molar-refractivity contribution is 0.289. The maximum absolute atomic E-state index is 11.3. The van der Waals surface area contributed by atoms with E-state index in [1.807, 2.05) is 25.1 Å². The SMILES string of the molecule is C=C(C)CCO[P+](=O)Oc1ccccc1. The highest BCUT2D eigenvalue weighted by Gasteiger charge is 2.21. The van der Waals surface area contributed by atoms with Crippen molar-refractivity contribution in [1.29, 1.82) is 0 Å². The molecule has 80 valence electrons. The van der Waals surface area contributed by atoms with Crippen molar-refractivity contribution in [3.8, 4) is 5.75 Å². The quantitative estimate of drug-likeness (QED) is 0.547. The van der Waals surface area contributed by atoms with Gasteiger partial charge >= 0.3 is 8.25 Å². The molecular weight excluding hydrogens is 211 g/mol. The second-order valence-electron chi connectivity index (χ2n) is 3.17. The maximum Gasteiger partial charge on any atom is 0.750 e. The Kier molecular flexibility index (Phi) is 5.02. The van der Waals surface area contributed by atoms with Gasteiger partial charge in [0.2, 0.25) is 0 Å². The summed E-state index contributed by atoms with van der Waals surface area (Å²) in [7, 11) is -2.08. The van der Waals surface area contributed by atoms with E-state index in [4.69, 9.17) is 9.05 Å². The molecule has 0 heterocycles. The third kappa shape index (κ3) is 5.31. The number of benzene rings is 1. The minimum absolute atomic E-state index is 0.372. The largest absolute Gasteiger partial charge is 0.750 e. The van der Waals surface area contributed by atoms with Gasteiger partial charge in [0.15, 0.2) is 5.75 Å². The topological polar surface area (TPSA) is 35.5 Å². The first-order chi connectivity index (χ1) is 7.18. The standard InChI is InChI=1S/C11H14O3P/c1-10(2)8-9-13-15(12)14-11-6-4-3-5-7-11/h3-7H,1,8-9H2,2H3/q+1. The highest BCUT2D eigenvalue weighted by Crippen LogP contribution is 2.27. The average Bonchev–Trinajstić information content (AvgIpc) is 2.18. The van der Waals surface area contributed by atoms with Crippen LogP contribution in [-0.2, 0) is 9.09 Å². The fourth-order valence-electron chi connectivity index (χ4n) is 0.888. The second kappa shape index (κ2) is 6.33. The zero-order valence-electron chi connectivity index (χ0n) is 8.68. The van der Waals surface area contributed by atoms with Crippen LogP contribution >= 0.6 is 8.25 Å². The van der Waals surface area contributed by atoms with Gasteiger partial charge in [-0.1, -0.05) is 23.8 Å². The van der Waals surface area contributed by atoms with Crippen LogP contribution in [0.4, 0.5) is 0 Å². The molecule has 0 aromatic heterocycles. The molecule has 1 rings (SSSR count). The Labute approximate surface area is 90.7 Å². The van der Waals surface area contributed by atoms with Crippen molar-refractivity contribution in [2.75, 3.05) is 6.61 Å². The molecule has 1 aromatic carbocycles. The highest BCUT2D eigenvalue weighted by atomic mass is 31.1. The van der Waals surface area contributed by atoms with Crippen LogP contribution in [0.15, 0.2) is 42.5 Å². The van der Waals surface area contributed by atoms with E-state index >= 15 is 0 Å². The molecule has 1 unspecified atom stereocenters. The Morgan fingerprint density at radius 3 is 2.67 bits per heavy atom. The molecule has 0 aliphatic rings. The van der Waals surface area contributed by atoms with Gasteiger partial charge in [-0.15, -0.1) is 11.1 Å². The Hall–Kier alpha value is -1.18. The molecule has 0 fully saturated rings. The van der Waals surface area contributed by atoms with Crippen molar-refractivity contribution in [2.24, 2.45) is 0 Å². The summed E-state index contributed by atoms with van der Waals surface area (Å²) in [6.45, 7) is 5.99. The molecule has 1 aromatic rings. The summed E-state index contributed by atoms with van der Waals surface area (Å²) in [5.41, 5.74) is 0.998. The van der Waals surface area contributed by atoms with E-state index in [1.165, 1.54) is 0 Å². The molecule has 0 aliphatic heterocycles. The zero-order valence-corrected chi connectivity index (χ0v) is 9.57. The first-order valence-corrected chi connectivity index (χ1v) is 5.75. The molecule has 0 radical (unpaired) electrons. The Bertz CT molecular complexity index is 335. The fourth-order valence-corrected chi connectivity index (χ4v) is 1.48. The lowest BCUT2D eigenvalue weighted by Crippen LogP contribution is -1.90. The van der Waals surface area contributed by atoms with Crippen LogP contribution in [0, 0.1) is 0 Å². The van der Waals surface area contributed by atoms with Crippen LogP contribution in [0.25, 0.3) is 0 Å². The summed E-state index contributed by atoms with van der Waals surface area (Å²) in [5, 5.41) is 0. The molecule has 1 atom stereocenters. The predicted octanol–water partition coefficient (Wildman–Crippen LogP) is 3.71. The van der Waals surface area contributed by atoms with Gasteiger partial charge in [0, 0.05) is 4.57 Å². The van der Waals surface area contributed by atoms with Gasteiger partial charge in [0.25, 0.3) is 0 Å². The van der Waals surface area contributed by atoms with Gasteiger partial charge in [-0.25, -0.2) is 4.52 Å². The normalized spacial score (nSPS) is 10.9. The van der Waals surface area contributed by atoms with Crippen molar-refractivity contribution in [2.45, 2.75) is 13.3 Å². The number of rotatable bonds is 6. The van der Waals surface area contributed by atoms with E-state index in [0.717, 1.165) is 5.57 Å². The monoisotopic (exact) mass is 225 g/mol. The van der Waals surface area contributed by atoms with Crippen molar-refractivity contribution in [3.63, 3.8) is 0 Å². The van der Waals surface area contributed by atoms with Crippen LogP contribution < -0.4 is 4.52 Å². The summed E-state index contributed by atoms with van der Waals surface area (Å²) < 4.78 is 21.3. The maximum atomic E-state index is 11.3. The third-order valence-electron chi connectivity index (χ3n) is 1.65. The molecule has 0 saturated carbocycles. The van der Waals surface area contributed by atoms with E-state index in [9.17, 15) is 4.57 Å². The van der Waals surface area contributed by atoms with E-state index in [1.54, 1.807) is 12.1 Å². The lowest BCUT2D eigenvalue weighted by Gasteiger charge is -1.93. The zero-order chi connectivity index (χ0) is 11.1. The summed E-state index contributed by atoms with van der Waals surface area (Å²) in [4.78, 5) is 0. The van der Waals surface area contributed by atoms with Gasteiger partial charge in [-0.2, -0.15) is 0 Å². The van der Waals surface area contributed by atoms with Crippen molar-refractivity contribution in [1.82, 2.24) is 0 Å². The van der Waals surface area contributed by atoms with E-state index < -0.39 is 8.25 Å². The summed E-state index contributed by atoms with van der Waals surface area (Å²) >= 11 is 0. The molecule has 0 bridgehead atoms. The molecule has 0 N–H and O–H groups in total. The van der Waals surface area contributed by atoms with Crippen LogP contribution in [0.3, 0.4) is 0 Å². The van der Waals surface area contributed by atoms with Crippen LogP contribution in [0.1, 0.15) is 13.3 Å². The van der Waals surface area contributed by atoms with E-state index in [-0.39, 0.29) is 0 Å². The number of para-hydroxylation sites is 1. The van der Waals surface area contributed by atoms with Gasteiger partial charge in [0.05, 0.1) is 0 Å². The number of hydrogen-bond acceptors (Lipinski definition) is 3. The average molecular weight is 225 g/mol. The minimum Gasteiger partial charge on any atom is -0.229 e. The molecule has 0 aliphatic carbocycles. The van der Waals surface area contributed by atoms with Crippen LogP contribution in [-0.4, -0.2) is 6.61 Å². The van der Waals surface area contributed by atoms with Crippen molar-refractivity contribution < 1.29 is 13.6 Å². The molecular formula is C11H14O3P+. The minimum atomic E-state index is -2.08. The molecule has 0 spiro atoms. The van der Waals surface area contributed by atoms with Gasteiger partial charge in [-0.05, 0) is 25.5 Å². The first-order valence-electron chi connectivity index (χ1n) is 4.66. The summed E-state index contributed by atoms with van der Waals surface area (Å²) in [6.07, 6.45) is 0.694. The molecule has 15 heavy (non-hydrogen) atoms. The molecule has 4 heteroatoms.